The van der Waals surface area contributed by atoms with Crippen LogP contribution in [-0.4, -0.2) is 38.8 Å². The minimum Gasteiger partial charge on any atom is -0.495 e. The molecule has 0 bridgehead atoms. The van der Waals surface area contributed by atoms with Gasteiger partial charge in [0, 0.05) is 16.7 Å². The van der Waals surface area contributed by atoms with Crippen LogP contribution in [0.4, 0.5) is 17.1 Å². The van der Waals surface area contributed by atoms with Gasteiger partial charge in [0.2, 0.25) is 5.91 Å². The number of carbonyl (C=O) groups is 2. The number of amides is 2. The van der Waals surface area contributed by atoms with Crippen molar-refractivity contribution in [1.29, 1.82) is 0 Å². The number of nitro groups is 1. The van der Waals surface area contributed by atoms with Crippen LogP contribution in [-0.2, 0) is 14.8 Å². The molecule has 4 rings (SSSR count). The average Bonchev–Trinajstić information content (AvgIpc) is 3.00. The Labute approximate surface area is 259 Å². The third-order valence-corrected chi connectivity index (χ3v) is 8.75. The molecule has 13 heteroatoms. The van der Waals surface area contributed by atoms with Crippen molar-refractivity contribution in [1.82, 2.24) is 5.32 Å². The lowest BCUT2D eigenvalue weighted by Gasteiger charge is -2.26. The van der Waals surface area contributed by atoms with E-state index in [1.54, 1.807) is 12.1 Å². The summed E-state index contributed by atoms with van der Waals surface area (Å²) < 4.78 is 34.1. The predicted molar refractivity (Wildman–Crippen MR) is 168 cm³/mol. The van der Waals surface area contributed by atoms with Crippen LogP contribution in [0, 0.1) is 17.0 Å². The van der Waals surface area contributed by atoms with Crippen LogP contribution >= 0.6 is 11.6 Å². The molecule has 0 aliphatic carbocycles. The Kier molecular flexibility index (Phi) is 9.87. The van der Waals surface area contributed by atoms with Crippen molar-refractivity contribution in [2.24, 2.45) is 0 Å². The summed E-state index contributed by atoms with van der Waals surface area (Å²) in [5, 5.41) is 17.2. The van der Waals surface area contributed by atoms with Crippen molar-refractivity contribution >= 4 is 50.5 Å². The third kappa shape index (κ3) is 7.16. The van der Waals surface area contributed by atoms with E-state index in [0.29, 0.717) is 0 Å². The highest BCUT2D eigenvalue weighted by Gasteiger charge is 2.32. The first kappa shape index (κ1) is 32.0. The highest BCUT2D eigenvalue weighted by molar-refractivity contribution is 7.92. The van der Waals surface area contributed by atoms with Crippen molar-refractivity contribution in [2.45, 2.75) is 24.8 Å². The molecule has 1 atom stereocenters. The topological polar surface area (TPSA) is 148 Å². The number of ether oxygens (including phenoxy) is 1. The number of nitrogens with one attached hydrogen (secondary N) is 2. The fourth-order valence-corrected chi connectivity index (χ4v) is 6.05. The van der Waals surface area contributed by atoms with E-state index < -0.39 is 43.9 Å². The molecule has 11 nitrogen and oxygen atoms in total. The van der Waals surface area contributed by atoms with Gasteiger partial charge in [-0.05, 0) is 55.8 Å². The van der Waals surface area contributed by atoms with Crippen LogP contribution in [0.1, 0.15) is 34.5 Å². The summed E-state index contributed by atoms with van der Waals surface area (Å²) in [5.41, 5.74) is 0.980. The maximum absolute atomic E-state index is 14.0. The van der Waals surface area contributed by atoms with Crippen molar-refractivity contribution in [3.63, 3.8) is 0 Å². The van der Waals surface area contributed by atoms with E-state index in [9.17, 15) is 28.1 Å². The van der Waals surface area contributed by atoms with Crippen molar-refractivity contribution < 1.29 is 27.7 Å². The van der Waals surface area contributed by atoms with Gasteiger partial charge >= 0.3 is 0 Å². The van der Waals surface area contributed by atoms with Crippen molar-refractivity contribution in [3.8, 4) is 5.75 Å². The number of hydrogen-bond acceptors (Lipinski definition) is 7. The number of carbonyl (C=O) groups excluding carboxylic acids is 2. The molecule has 0 saturated heterocycles. The first-order valence-corrected chi connectivity index (χ1v) is 15.1. The highest BCUT2D eigenvalue weighted by atomic mass is 35.5. The summed E-state index contributed by atoms with van der Waals surface area (Å²) in [6, 6.07) is 23.0. The van der Waals surface area contributed by atoms with Crippen LogP contribution < -0.4 is 19.7 Å². The summed E-state index contributed by atoms with van der Waals surface area (Å²) in [4.78, 5) is 37.1. The van der Waals surface area contributed by atoms with Crippen LogP contribution in [0.3, 0.4) is 0 Å². The number of aryl methyl sites for hydroxylation is 1. The quantitative estimate of drug-likeness (QED) is 0.154. The molecule has 0 aliphatic heterocycles. The van der Waals surface area contributed by atoms with E-state index in [1.165, 1.54) is 56.5 Å². The molecule has 0 spiro atoms. The first-order valence-electron chi connectivity index (χ1n) is 13.3. The predicted octanol–water partition coefficient (Wildman–Crippen LogP) is 5.89. The number of sulfonamides is 1. The minimum absolute atomic E-state index is 0.0684. The normalized spacial score (nSPS) is 11.7. The average molecular weight is 637 g/mol. The monoisotopic (exact) mass is 636 g/mol. The Hall–Kier alpha value is -4.94. The van der Waals surface area contributed by atoms with Crippen LogP contribution in [0.5, 0.6) is 5.75 Å². The Balaban J connectivity index is 1.68. The van der Waals surface area contributed by atoms with Gasteiger partial charge < -0.3 is 15.4 Å². The fraction of sp³-hybridized carbons (Fsp3) is 0.161. The molecule has 2 N–H and O–H groups in total. The lowest BCUT2D eigenvalue weighted by atomic mass is 10.1. The number of benzene rings is 4. The largest absolute Gasteiger partial charge is 0.495 e. The lowest BCUT2D eigenvalue weighted by molar-refractivity contribution is -0.385. The SMILES string of the molecule is COc1ccc(Cl)cc1N(CC(=O)Nc1ccccc1C(=O)N[C@H](C)c1ccccc1)S(=O)(=O)c1ccc(C)c([N+](=O)[O-])c1. The van der Waals surface area contributed by atoms with Crippen LogP contribution in [0.2, 0.25) is 5.02 Å². The number of nitro benzene ring substituents is 1. The Morgan fingerprint density at radius 2 is 1.68 bits per heavy atom. The van der Waals surface area contributed by atoms with E-state index in [-0.39, 0.29) is 39.3 Å². The zero-order chi connectivity index (χ0) is 32.0. The van der Waals surface area contributed by atoms with Gasteiger partial charge in [-0.1, -0.05) is 60.1 Å². The molecule has 44 heavy (non-hydrogen) atoms. The molecule has 0 fully saturated rings. The first-order chi connectivity index (χ1) is 20.9. The molecule has 0 aromatic heterocycles. The molecule has 0 saturated carbocycles. The molecule has 0 heterocycles. The second kappa shape index (κ2) is 13.6. The van der Waals surface area contributed by atoms with E-state index >= 15 is 0 Å². The van der Waals surface area contributed by atoms with Gasteiger partial charge in [-0.2, -0.15) is 0 Å². The number of hydrogen-bond donors (Lipinski definition) is 2. The summed E-state index contributed by atoms with van der Waals surface area (Å²) in [6.07, 6.45) is 0. The minimum atomic E-state index is -4.59. The number of anilines is 2. The van der Waals surface area contributed by atoms with Gasteiger partial charge in [0.15, 0.2) is 0 Å². The second-order valence-electron chi connectivity index (χ2n) is 9.73. The third-order valence-electron chi connectivity index (χ3n) is 6.76. The van der Waals surface area contributed by atoms with E-state index in [2.05, 4.69) is 10.6 Å². The molecule has 4 aromatic carbocycles. The zero-order valence-electron chi connectivity index (χ0n) is 24.0. The maximum Gasteiger partial charge on any atom is 0.273 e. The van der Waals surface area contributed by atoms with Gasteiger partial charge in [0.1, 0.15) is 12.3 Å². The van der Waals surface area contributed by atoms with E-state index in [0.717, 1.165) is 15.9 Å². The summed E-state index contributed by atoms with van der Waals surface area (Å²) in [6.45, 7) is 2.52. The highest BCUT2D eigenvalue weighted by Crippen LogP contribution is 2.36. The smallest absolute Gasteiger partial charge is 0.273 e. The summed E-state index contributed by atoms with van der Waals surface area (Å²) in [7, 11) is -3.27. The van der Waals surface area contributed by atoms with Gasteiger partial charge in [-0.15, -0.1) is 0 Å². The lowest BCUT2D eigenvalue weighted by Crippen LogP contribution is -2.38. The van der Waals surface area contributed by atoms with Crippen molar-refractivity contribution in [2.75, 3.05) is 23.3 Å². The van der Waals surface area contributed by atoms with Gasteiger partial charge in [-0.25, -0.2) is 8.42 Å². The Bertz CT molecular complexity index is 1820. The second-order valence-corrected chi connectivity index (χ2v) is 12.0. The van der Waals surface area contributed by atoms with Gasteiger partial charge in [-0.3, -0.25) is 24.0 Å². The maximum atomic E-state index is 14.0. The van der Waals surface area contributed by atoms with E-state index in [1.807, 2.05) is 37.3 Å². The zero-order valence-corrected chi connectivity index (χ0v) is 25.6. The van der Waals surface area contributed by atoms with Gasteiger partial charge in [0.25, 0.3) is 21.6 Å². The van der Waals surface area contributed by atoms with Crippen LogP contribution in [0.25, 0.3) is 0 Å². The molecule has 228 valence electrons. The van der Waals surface area contributed by atoms with Crippen molar-refractivity contribution in [3.05, 3.63) is 123 Å². The molecule has 0 aliphatic rings. The molecule has 2 amide bonds. The van der Waals surface area contributed by atoms with E-state index in [4.69, 9.17) is 16.3 Å². The molecular weight excluding hydrogens is 608 g/mol. The number of nitrogens with zero attached hydrogens (tertiary/aromatic N) is 2. The number of halogens is 1. The molecule has 4 aromatic rings. The molecule has 0 unspecified atom stereocenters. The fourth-order valence-electron chi connectivity index (χ4n) is 4.44. The Morgan fingerprint density at radius 3 is 2.36 bits per heavy atom. The van der Waals surface area contributed by atoms with Crippen LogP contribution in [0.15, 0.2) is 95.9 Å². The molecule has 0 radical (unpaired) electrons. The summed E-state index contributed by atoms with van der Waals surface area (Å²) in [5.74, 6) is -1.17. The molecular formula is C31H29ClN4O7S. The number of methoxy groups -OCH3 is 1. The van der Waals surface area contributed by atoms with Gasteiger partial charge in [0.05, 0.1) is 39.9 Å². The standard InChI is InChI=1S/C31H29ClN4O7S/c1-20-13-15-24(18-27(20)36(39)40)44(41,42)35(28-17-23(32)14-16-29(28)43-3)19-30(37)34-26-12-8-7-11-25(26)31(38)33-21(2)22-9-5-4-6-10-22/h4-18,21H,19H2,1-3H3,(H,33,38)(H,34,37)/t21-/m1/s1. The summed E-state index contributed by atoms with van der Waals surface area (Å²) >= 11 is 6.20. The number of rotatable bonds is 11. The number of para-hydroxylation sites is 1. The Morgan fingerprint density at radius 1 is 1.00 bits per heavy atom.